The number of hydrogen-bond donors (Lipinski definition) is 1. The van der Waals surface area contributed by atoms with Crippen LogP contribution in [0.3, 0.4) is 0 Å². The third-order valence-electron chi connectivity index (χ3n) is 5.42. The van der Waals surface area contributed by atoms with Crippen molar-refractivity contribution in [2.45, 2.75) is 26.7 Å². The van der Waals surface area contributed by atoms with Crippen molar-refractivity contribution in [3.63, 3.8) is 0 Å². The summed E-state index contributed by atoms with van der Waals surface area (Å²) < 4.78 is 12.0. The van der Waals surface area contributed by atoms with E-state index >= 15 is 0 Å². The predicted molar refractivity (Wildman–Crippen MR) is 126 cm³/mol. The number of carbonyl (C=O) groups is 1. The van der Waals surface area contributed by atoms with Crippen molar-refractivity contribution in [2.75, 3.05) is 6.61 Å². The van der Waals surface area contributed by atoms with Crippen molar-refractivity contribution in [1.82, 2.24) is 4.98 Å². The van der Waals surface area contributed by atoms with E-state index in [0.29, 0.717) is 18.9 Å². The van der Waals surface area contributed by atoms with E-state index in [2.05, 4.69) is 24.0 Å². The van der Waals surface area contributed by atoms with Gasteiger partial charge in [-0.25, -0.2) is 9.78 Å². The number of aromatic nitrogens is 1. The molecule has 4 rings (SSSR count). The van der Waals surface area contributed by atoms with Gasteiger partial charge in [-0.05, 0) is 54.1 Å². The molecule has 5 heteroatoms. The van der Waals surface area contributed by atoms with Gasteiger partial charge < -0.3 is 14.3 Å². The Hall–Kier alpha value is -3.86. The molecule has 162 valence electrons. The summed E-state index contributed by atoms with van der Waals surface area (Å²) in [6, 6.07) is 19.8. The molecule has 0 spiro atoms. The summed E-state index contributed by atoms with van der Waals surface area (Å²) >= 11 is 0. The number of aliphatic carboxylic acids is 1. The number of nitrogens with zero attached hydrogens (tertiary/aromatic N) is 1. The highest BCUT2D eigenvalue weighted by Gasteiger charge is 2.12. The number of benzene rings is 3. The van der Waals surface area contributed by atoms with Crippen molar-refractivity contribution in [3.8, 4) is 17.2 Å². The molecule has 0 saturated heterocycles. The lowest BCUT2D eigenvalue weighted by Crippen LogP contribution is -2.03. The lowest BCUT2D eigenvalue weighted by Gasteiger charge is -2.10. The monoisotopic (exact) mass is 427 g/mol. The average Bonchev–Trinajstić information content (AvgIpc) is 3.18. The fourth-order valence-electron chi connectivity index (χ4n) is 3.66. The largest absolute Gasteiger partial charge is 0.493 e. The molecule has 0 unspecified atom stereocenters. The molecular weight excluding hydrogens is 402 g/mol. The van der Waals surface area contributed by atoms with E-state index in [4.69, 9.17) is 14.3 Å². The number of oxazole rings is 1. The van der Waals surface area contributed by atoms with Crippen LogP contribution < -0.4 is 4.74 Å². The fraction of sp³-hybridized carbons (Fsp3) is 0.185. The standard InChI is InChI=1S/C27H25NO4/c1-3-19-10-12-21(13-11-19)27-28-24(18(2)32-27)16-17-31-25-9-5-7-22-20(14-15-26(29)30)6-4-8-23(22)25/h4-15H,3,16-17H2,1-2H3,(H,29,30)/b15-14+. The third kappa shape index (κ3) is 4.72. The Labute approximate surface area is 187 Å². The molecule has 0 amide bonds. The molecule has 4 aromatic rings. The van der Waals surface area contributed by atoms with Crippen LogP contribution in [0.25, 0.3) is 28.3 Å². The first-order chi connectivity index (χ1) is 15.5. The minimum atomic E-state index is -0.974. The van der Waals surface area contributed by atoms with Gasteiger partial charge in [0, 0.05) is 23.4 Å². The maximum atomic E-state index is 10.9. The van der Waals surface area contributed by atoms with Crippen LogP contribution in [0.1, 0.15) is 29.5 Å². The Kier molecular flexibility index (Phi) is 6.36. The van der Waals surface area contributed by atoms with Crippen LogP contribution in [0, 0.1) is 6.92 Å². The van der Waals surface area contributed by atoms with Gasteiger partial charge in [-0.3, -0.25) is 0 Å². The van der Waals surface area contributed by atoms with E-state index in [1.165, 1.54) is 5.56 Å². The summed E-state index contributed by atoms with van der Waals surface area (Å²) in [4.78, 5) is 15.5. The Bertz CT molecular complexity index is 1270. The first kappa shape index (κ1) is 21.4. The van der Waals surface area contributed by atoms with Crippen molar-refractivity contribution >= 4 is 22.8 Å². The van der Waals surface area contributed by atoms with Gasteiger partial charge in [-0.15, -0.1) is 0 Å². The third-order valence-corrected chi connectivity index (χ3v) is 5.42. The Morgan fingerprint density at radius 2 is 1.81 bits per heavy atom. The summed E-state index contributed by atoms with van der Waals surface area (Å²) in [7, 11) is 0. The molecule has 0 aliphatic rings. The van der Waals surface area contributed by atoms with Gasteiger partial charge in [-0.2, -0.15) is 0 Å². The molecule has 1 aromatic heterocycles. The Morgan fingerprint density at radius 3 is 2.56 bits per heavy atom. The summed E-state index contributed by atoms with van der Waals surface area (Å²) in [5.41, 5.74) is 3.96. The lowest BCUT2D eigenvalue weighted by molar-refractivity contribution is -0.131. The number of aryl methyl sites for hydroxylation is 2. The zero-order valence-corrected chi connectivity index (χ0v) is 18.2. The molecule has 32 heavy (non-hydrogen) atoms. The first-order valence-corrected chi connectivity index (χ1v) is 10.7. The van der Waals surface area contributed by atoms with E-state index in [1.807, 2.05) is 55.5 Å². The van der Waals surface area contributed by atoms with Gasteiger partial charge in [0.15, 0.2) is 0 Å². The normalized spacial score (nSPS) is 11.3. The Balaban J connectivity index is 1.48. The summed E-state index contributed by atoms with van der Waals surface area (Å²) in [5.74, 6) is 1.20. The SMILES string of the molecule is CCc1ccc(-c2nc(CCOc3cccc4c(/C=C/C(=O)O)cccc34)c(C)o2)cc1. The number of carboxylic acid groups (broad SMARTS) is 1. The maximum absolute atomic E-state index is 10.9. The van der Waals surface area contributed by atoms with Crippen molar-refractivity contribution in [2.24, 2.45) is 0 Å². The van der Waals surface area contributed by atoms with E-state index in [1.54, 1.807) is 6.08 Å². The molecular formula is C27H25NO4. The molecule has 0 radical (unpaired) electrons. The second-order valence-corrected chi connectivity index (χ2v) is 7.54. The van der Waals surface area contributed by atoms with Crippen LogP contribution in [-0.4, -0.2) is 22.7 Å². The second kappa shape index (κ2) is 9.52. The molecule has 0 saturated carbocycles. The number of rotatable bonds is 8. The fourth-order valence-corrected chi connectivity index (χ4v) is 3.66. The molecule has 0 atom stereocenters. The van der Waals surface area contributed by atoms with Gasteiger partial charge in [-0.1, -0.05) is 49.4 Å². The van der Waals surface area contributed by atoms with Crippen LogP contribution in [0.4, 0.5) is 0 Å². The van der Waals surface area contributed by atoms with E-state index in [-0.39, 0.29) is 0 Å². The van der Waals surface area contributed by atoms with Crippen LogP contribution in [0.5, 0.6) is 5.75 Å². The van der Waals surface area contributed by atoms with Crippen molar-refractivity contribution in [1.29, 1.82) is 0 Å². The summed E-state index contributed by atoms with van der Waals surface area (Å²) in [6.07, 6.45) is 4.36. The van der Waals surface area contributed by atoms with Crippen LogP contribution in [0.2, 0.25) is 0 Å². The van der Waals surface area contributed by atoms with E-state index in [9.17, 15) is 4.79 Å². The molecule has 1 N–H and O–H groups in total. The predicted octanol–water partition coefficient (Wildman–Crippen LogP) is 6.08. The maximum Gasteiger partial charge on any atom is 0.328 e. The number of carboxylic acids is 1. The zero-order chi connectivity index (χ0) is 22.5. The van der Waals surface area contributed by atoms with Gasteiger partial charge >= 0.3 is 5.97 Å². The highest BCUT2D eigenvalue weighted by Crippen LogP contribution is 2.29. The molecule has 0 aliphatic heterocycles. The van der Waals surface area contributed by atoms with Gasteiger partial charge in [0.25, 0.3) is 0 Å². The van der Waals surface area contributed by atoms with Crippen LogP contribution in [0.15, 0.2) is 71.2 Å². The molecule has 3 aromatic carbocycles. The molecule has 0 bridgehead atoms. The van der Waals surface area contributed by atoms with Crippen LogP contribution >= 0.6 is 0 Å². The number of ether oxygens (including phenoxy) is 1. The minimum absolute atomic E-state index is 0.454. The lowest BCUT2D eigenvalue weighted by atomic mass is 10.0. The van der Waals surface area contributed by atoms with Crippen molar-refractivity contribution in [3.05, 3.63) is 89.3 Å². The quantitative estimate of drug-likeness (QED) is 0.345. The smallest absolute Gasteiger partial charge is 0.328 e. The molecule has 1 heterocycles. The highest BCUT2D eigenvalue weighted by atomic mass is 16.5. The van der Waals surface area contributed by atoms with E-state index < -0.39 is 5.97 Å². The Morgan fingerprint density at radius 1 is 1.06 bits per heavy atom. The first-order valence-electron chi connectivity index (χ1n) is 10.7. The van der Waals surface area contributed by atoms with Crippen molar-refractivity contribution < 1.29 is 19.1 Å². The van der Waals surface area contributed by atoms with Crippen LogP contribution in [-0.2, 0) is 17.6 Å². The van der Waals surface area contributed by atoms with E-state index in [0.717, 1.165) is 51.6 Å². The molecule has 5 nitrogen and oxygen atoms in total. The molecule has 0 fully saturated rings. The topological polar surface area (TPSA) is 72.6 Å². The van der Waals surface area contributed by atoms with Gasteiger partial charge in [0.05, 0.1) is 12.3 Å². The molecule has 0 aliphatic carbocycles. The zero-order valence-electron chi connectivity index (χ0n) is 18.2. The second-order valence-electron chi connectivity index (χ2n) is 7.54. The average molecular weight is 428 g/mol. The van der Waals surface area contributed by atoms with Gasteiger partial charge in [0.1, 0.15) is 11.5 Å². The number of fused-ring (bicyclic) bond motifs is 1. The highest BCUT2D eigenvalue weighted by molar-refractivity contribution is 5.97. The number of hydrogen-bond acceptors (Lipinski definition) is 4. The van der Waals surface area contributed by atoms with Gasteiger partial charge in [0.2, 0.25) is 5.89 Å². The minimum Gasteiger partial charge on any atom is -0.493 e. The summed E-state index contributed by atoms with van der Waals surface area (Å²) in [6.45, 7) is 4.51. The summed E-state index contributed by atoms with van der Waals surface area (Å²) in [5, 5.41) is 10.8.